The monoisotopic (exact) mass is 281 g/mol. The molecule has 6 nitrogen and oxygen atoms in total. The maximum absolute atomic E-state index is 11.7. The molecule has 1 atom stereocenters. The average Bonchev–Trinajstić information content (AvgIpc) is 2.90. The van der Waals surface area contributed by atoms with Gasteiger partial charge in [0.05, 0.1) is 13.7 Å². The predicted molar refractivity (Wildman–Crippen MR) is 71.9 cm³/mol. The quantitative estimate of drug-likeness (QED) is 0.786. The summed E-state index contributed by atoms with van der Waals surface area (Å²) >= 11 is 0. The Hall–Kier alpha value is -1.79. The summed E-state index contributed by atoms with van der Waals surface area (Å²) in [5, 5.41) is 12.6. The van der Waals surface area contributed by atoms with Crippen LogP contribution >= 0.6 is 0 Å². The number of aliphatic hydroxyl groups is 1. The van der Waals surface area contributed by atoms with Crippen LogP contribution in [0.5, 0.6) is 11.5 Å². The van der Waals surface area contributed by atoms with Crippen molar-refractivity contribution in [3.63, 3.8) is 0 Å². The van der Waals surface area contributed by atoms with Crippen LogP contribution < -0.4 is 14.8 Å². The number of amides is 1. The molecule has 0 aromatic heterocycles. The van der Waals surface area contributed by atoms with E-state index in [-0.39, 0.29) is 25.7 Å². The van der Waals surface area contributed by atoms with Crippen molar-refractivity contribution in [1.29, 1.82) is 0 Å². The fraction of sp³-hybridized carbons (Fsp3) is 0.500. The van der Waals surface area contributed by atoms with Crippen LogP contribution in [0.15, 0.2) is 24.3 Å². The topological polar surface area (TPSA) is 77.0 Å². The molecule has 1 heterocycles. The second-order valence-electron chi connectivity index (χ2n) is 4.74. The van der Waals surface area contributed by atoms with Gasteiger partial charge in [-0.2, -0.15) is 0 Å². The first kappa shape index (κ1) is 14.6. The van der Waals surface area contributed by atoms with Gasteiger partial charge in [-0.3, -0.25) is 4.79 Å². The smallest absolute Gasteiger partial charge is 0.258 e. The van der Waals surface area contributed by atoms with Gasteiger partial charge in [-0.25, -0.2) is 0 Å². The Balaban J connectivity index is 1.77. The molecule has 6 heteroatoms. The van der Waals surface area contributed by atoms with E-state index >= 15 is 0 Å². The van der Waals surface area contributed by atoms with Gasteiger partial charge in [0.15, 0.2) is 18.1 Å². The van der Waals surface area contributed by atoms with Gasteiger partial charge in [-0.05, 0) is 12.1 Å². The minimum atomic E-state index is -0.958. The summed E-state index contributed by atoms with van der Waals surface area (Å²) in [6.45, 7) is 0.809. The molecule has 20 heavy (non-hydrogen) atoms. The lowest BCUT2D eigenvalue weighted by atomic mass is 10.0. The van der Waals surface area contributed by atoms with Crippen molar-refractivity contribution in [2.45, 2.75) is 12.0 Å². The van der Waals surface area contributed by atoms with Gasteiger partial charge in [0.25, 0.3) is 5.91 Å². The summed E-state index contributed by atoms with van der Waals surface area (Å²) in [6.07, 6.45) is 0.528. The first-order valence-corrected chi connectivity index (χ1v) is 6.46. The molecule has 2 N–H and O–H groups in total. The minimum Gasteiger partial charge on any atom is -0.493 e. The molecule has 1 aromatic rings. The number of ether oxygens (including phenoxy) is 3. The summed E-state index contributed by atoms with van der Waals surface area (Å²) < 4.78 is 15.6. The van der Waals surface area contributed by atoms with Crippen molar-refractivity contribution in [1.82, 2.24) is 5.32 Å². The number of benzene rings is 1. The SMILES string of the molecule is COc1ccccc1OCC(=O)NC[C@]1(O)CCOC1. The molecule has 1 aliphatic heterocycles. The van der Waals surface area contributed by atoms with Crippen molar-refractivity contribution >= 4 is 5.91 Å². The lowest BCUT2D eigenvalue weighted by molar-refractivity contribution is -0.124. The molecule has 1 amide bonds. The second-order valence-corrected chi connectivity index (χ2v) is 4.74. The number of para-hydroxylation sites is 2. The maximum atomic E-state index is 11.7. The highest BCUT2D eigenvalue weighted by atomic mass is 16.5. The molecule has 1 fully saturated rings. The highest BCUT2D eigenvalue weighted by Gasteiger charge is 2.32. The number of carbonyl (C=O) groups excluding carboxylic acids is 1. The fourth-order valence-electron chi connectivity index (χ4n) is 1.93. The molecule has 1 saturated heterocycles. The van der Waals surface area contributed by atoms with Crippen molar-refractivity contribution in [3.05, 3.63) is 24.3 Å². The molecule has 2 rings (SSSR count). The molecule has 0 spiro atoms. The van der Waals surface area contributed by atoms with Gasteiger partial charge in [0.1, 0.15) is 5.60 Å². The number of rotatable bonds is 6. The molecule has 0 radical (unpaired) electrons. The Kier molecular flexibility index (Phi) is 4.81. The highest BCUT2D eigenvalue weighted by Crippen LogP contribution is 2.25. The van der Waals surface area contributed by atoms with E-state index in [1.807, 2.05) is 6.07 Å². The number of hydrogen-bond donors (Lipinski definition) is 2. The average molecular weight is 281 g/mol. The van der Waals surface area contributed by atoms with Crippen molar-refractivity contribution < 1.29 is 24.1 Å². The zero-order valence-electron chi connectivity index (χ0n) is 11.4. The first-order chi connectivity index (χ1) is 9.63. The molecule has 1 aliphatic rings. The predicted octanol–water partition coefficient (Wildman–Crippen LogP) is 0.342. The van der Waals surface area contributed by atoms with Gasteiger partial charge in [0, 0.05) is 19.6 Å². The number of methoxy groups -OCH3 is 1. The zero-order valence-corrected chi connectivity index (χ0v) is 11.4. The highest BCUT2D eigenvalue weighted by molar-refractivity contribution is 5.77. The number of nitrogens with one attached hydrogen (secondary N) is 1. The van der Waals surface area contributed by atoms with Crippen LogP contribution in [0.1, 0.15) is 6.42 Å². The Morgan fingerprint density at radius 3 is 2.85 bits per heavy atom. The molecular weight excluding hydrogens is 262 g/mol. The Morgan fingerprint density at radius 1 is 1.45 bits per heavy atom. The van der Waals surface area contributed by atoms with Gasteiger partial charge in [-0.1, -0.05) is 12.1 Å². The molecule has 1 aromatic carbocycles. The van der Waals surface area contributed by atoms with Crippen LogP contribution in [0.3, 0.4) is 0 Å². The third kappa shape index (κ3) is 3.85. The summed E-state index contributed by atoms with van der Waals surface area (Å²) in [7, 11) is 1.54. The fourth-order valence-corrected chi connectivity index (χ4v) is 1.93. The summed E-state index contributed by atoms with van der Waals surface area (Å²) in [4.78, 5) is 11.7. The van der Waals surface area contributed by atoms with Crippen LogP contribution in [0.4, 0.5) is 0 Å². The first-order valence-electron chi connectivity index (χ1n) is 6.46. The summed E-state index contributed by atoms with van der Waals surface area (Å²) in [5.41, 5.74) is -0.958. The van der Waals surface area contributed by atoms with Crippen LogP contribution in [-0.4, -0.2) is 50.1 Å². The molecule has 0 bridgehead atoms. The van der Waals surface area contributed by atoms with Crippen LogP contribution in [-0.2, 0) is 9.53 Å². The van der Waals surface area contributed by atoms with Crippen molar-refractivity contribution in [2.24, 2.45) is 0 Å². The summed E-state index contributed by atoms with van der Waals surface area (Å²) in [5.74, 6) is 0.785. The number of carbonyl (C=O) groups is 1. The second kappa shape index (κ2) is 6.58. The third-order valence-electron chi connectivity index (χ3n) is 3.12. The van der Waals surface area contributed by atoms with E-state index < -0.39 is 5.60 Å². The zero-order chi connectivity index (χ0) is 14.4. The largest absolute Gasteiger partial charge is 0.493 e. The van der Waals surface area contributed by atoms with Crippen molar-refractivity contribution in [2.75, 3.05) is 33.5 Å². The molecule has 0 saturated carbocycles. The van der Waals surface area contributed by atoms with E-state index in [4.69, 9.17) is 14.2 Å². The number of hydrogen-bond acceptors (Lipinski definition) is 5. The Labute approximate surface area is 117 Å². The van der Waals surface area contributed by atoms with Crippen molar-refractivity contribution in [3.8, 4) is 11.5 Å². The lowest BCUT2D eigenvalue weighted by Crippen LogP contribution is -2.44. The van der Waals surface area contributed by atoms with Gasteiger partial charge >= 0.3 is 0 Å². The van der Waals surface area contributed by atoms with E-state index in [1.165, 1.54) is 7.11 Å². The third-order valence-corrected chi connectivity index (χ3v) is 3.12. The van der Waals surface area contributed by atoms with Crippen LogP contribution in [0.25, 0.3) is 0 Å². The standard InChI is InChI=1S/C14H19NO5/c1-18-11-4-2-3-5-12(11)20-8-13(16)15-9-14(17)6-7-19-10-14/h2-5,17H,6-10H2,1H3,(H,15,16)/t14-/m1/s1. The lowest BCUT2D eigenvalue weighted by Gasteiger charge is -2.20. The van der Waals surface area contributed by atoms with E-state index in [1.54, 1.807) is 18.2 Å². The molecule has 0 aliphatic carbocycles. The molecule has 0 unspecified atom stereocenters. The molecule has 110 valence electrons. The van der Waals surface area contributed by atoms with E-state index in [2.05, 4.69) is 5.32 Å². The van der Waals surface area contributed by atoms with E-state index in [0.717, 1.165) is 0 Å². The van der Waals surface area contributed by atoms with Gasteiger partial charge in [-0.15, -0.1) is 0 Å². The van der Waals surface area contributed by atoms with Crippen LogP contribution in [0, 0.1) is 0 Å². The van der Waals surface area contributed by atoms with E-state index in [9.17, 15) is 9.90 Å². The summed E-state index contributed by atoms with van der Waals surface area (Å²) in [6, 6.07) is 7.10. The Bertz CT molecular complexity index is 457. The normalized spacial score (nSPS) is 21.5. The van der Waals surface area contributed by atoms with Crippen LogP contribution in [0.2, 0.25) is 0 Å². The minimum absolute atomic E-state index is 0.128. The van der Waals surface area contributed by atoms with E-state index in [0.29, 0.717) is 24.5 Å². The Morgan fingerprint density at radius 2 is 2.20 bits per heavy atom. The maximum Gasteiger partial charge on any atom is 0.258 e. The molecular formula is C14H19NO5. The van der Waals surface area contributed by atoms with Gasteiger partial charge < -0.3 is 24.6 Å². The van der Waals surface area contributed by atoms with Gasteiger partial charge in [0.2, 0.25) is 0 Å².